The predicted molar refractivity (Wildman–Crippen MR) is 144 cm³/mol. The summed E-state index contributed by atoms with van der Waals surface area (Å²) in [6, 6.07) is 6.93. The first-order chi connectivity index (χ1) is 17.8. The minimum Gasteiger partial charge on any atom is -0.480 e. The summed E-state index contributed by atoms with van der Waals surface area (Å²) in [5.41, 5.74) is 2.24. The zero-order valence-corrected chi connectivity index (χ0v) is 22.3. The number of hydrogen-bond donors (Lipinski definition) is 3. The summed E-state index contributed by atoms with van der Waals surface area (Å²) in [5.74, 6) is -0.337. The molecule has 0 saturated carbocycles. The van der Waals surface area contributed by atoms with Crippen molar-refractivity contribution in [2.24, 2.45) is 0 Å². The lowest BCUT2D eigenvalue weighted by Crippen LogP contribution is -2.49. The molecule has 0 radical (unpaired) electrons. The number of amides is 1. The molecule has 3 heterocycles. The highest BCUT2D eigenvalue weighted by atomic mass is 16.5. The van der Waals surface area contributed by atoms with Crippen LogP contribution in [0.4, 0.5) is 5.82 Å². The normalized spacial score (nSPS) is 14.1. The van der Waals surface area contributed by atoms with E-state index >= 15 is 0 Å². The van der Waals surface area contributed by atoms with Crippen LogP contribution in [0, 0.1) is 0 Å². The molecule has 1 amide bonds. The van der Waals surface area contributed by atoms with Gasteiger partial charge in [-0.25, -0.2) is 9.78 Å². The number of carbonyl (C=O) groups excluding carboxylic acids is 1. The molecule has 2 aromatic heterocycles. The number of rotatable bonds is 15. The van der Waals surface area contributed by atoms with Gasteiger partial charge in [0.1, 0.15) is 11.9 Å². The van der Waals surface area contributed by atoms with E-state index in [-0.39, 0.29) is 5.91 Å². The fourth-order valence-electron chi connectivity index (χ4n) is 4.48. The van der Waals surface area contributed by atoms with Gasteiger partial charge in [0.05, 0.1) is 12.0 Å². The molecular formula is C28H41N5O4. The molecule has 1 aliphatic rings. The molecule has 0 unspecified atom stereocenters. The summed E-state index contributed by atoms with van der Waals surface area (Å²) in [5, 5.41) is 15.9. The van der Waals surface area contributed by atoms with Gasteiger partial charge in [-0.15, -0.1) is 0 Å². The smallest absolute Gasteiger partial charge is 0.326 e. The van der Waals surface area contributed by atoms with Crippen LogP contribution in [0.15, 0.2) is 36.7 Å². The molecule has 3 N–H and O–H groups in total. The molecular weight excluding hydrogens is 470 g/mol. The number of hydrogen-bond acceptors (Lipinski definition) is 7. The Balaban J connectivity index is 1.50. The van der Waals surface area contributed by atoms with Crippen LogP contribution in [0.5, 0.6) is 0 Å². The number of aryl methyl sites for hydroxylation is 2. The SMILES string of the molecule is COCCN(CCCCc1ccc2c(n1)NCCC2)CC[C@H](NC(=O)C(C)(C)c1cccnc1)C(=O)O. The van der Waals surface area contributed by atoms with Crippen LogP contribution >= 0.6 is 0 Å². The van der Waals surface area contributed by atoms with Crippen molar-refractivity contribution in [3.05, 3.63) is 53.5 Å². The number of pyridine rings is 2. The molecule has 1 aliphatic heterocycles. The van der Waals surface area contributed by atoms with Gasteiger partial charge in [-0.3, -0.25) is 9.78 Å². The maximum Gasteiger partial charge on any atom is 0.326 e. The van der Waals surface area contributed by atoms with Gasteiger partial charge in [-0.1, -0.05) is 12.1 Å². The zero-order valence-electron chi connectivity index (χ0n) is 22.3. The second-order valence-corrected chi connectivity index (χ2v) is 10.2. The lowest BCUT2D eigenvalue weighted by molar-refractivity contribution is -0.142. The van der Waals surface area contributed by atoms with Crippen LogP contribution in [-0.2, 0) is 32.6 Å². The third kappa shape index (κ3) is 8.50. The number of methoxy groups -OCH3 is 1. The van der Waals surface area contributed by atoms with Gasteiger partial charge in [0.15, 0.2) is 0 Å². The number of nitrogens with one attached hydrogen (secondary N) is 2. The molecule has 202 valence electrons. The summed E-state index contributed by atoms with van der Waals surface area (Å²) >= 11 is 0. The molecule has 2 aromatic rings. The fraction of sp³-hybridized carbons (Fsp3) is 0.571. The lowest BCUT2D eigenvalue weighted by atomic mass is 9.84. The highest BCUT2D eigenvalue weighted by Gasteiger charge is 2.33. The van der Waals surface area contributed by atoms with Crippen LogP contribution in [0.1, 0.15) is 56.4 Å². The van der Waals surface area contributed by atoms with Gasteiger partial charge in [-0.05, 0) is 82.2 Å². The van der Waals surface area contributed by atoms with E-state index in [1.807, 2.05) is 6.07 Å². The van der Waals surface area contributed by atoms with Crippen molar-refractivity contribution in [3.63, 3.8) is 0 Å². The Labute approximate surface area is 220 Å². The number of aliphatic carboxylic acids is 1. The van der Waals surface area contributed by atoms with Gasteiger partial charge in [0, 0.05) is 44.8 Å². The van der Waals surface area contributed by atoms with Crippen LogP contribution in [0.3, 0.4) is 0 Å². The topological polar surface area (TPSA) is 117 Å². The average Bonchev–Trinajstić information content (AvgIpc) is 2.91. The molecule has 37 heavy (non-hydrogen) atoms. The van der Waals surface area contributed by atoms with Crippen molar-refractivity contribution in [1.29, 1.82) is 0 Å². The van der Waals surface area contributed by atoms with Gasteiger partial charge < -0.3 is 25.4 Å². The van der Waals surface area contributed by atoms with E-state index in [0.717, 1.165) is 62.3 Å². The van der Waals surface area contributed by atoms with E-state index < -0.39 is 17.4 Å². The monoisotopic (exact) mass is 511 g/mol. The first kappa shape index (κ1) is 28.5. The van der Waals surface area contributed by atoms with E-state index in [1.54, 1.807) is 39.4 Å². The van der Waals surface area contributed by atoms with Crippen LogP contribution in [-0.4, -0.2) is 77.8 Å². The third-order valence-electron chi connectivity index (χ3n) is 7.01. The number of nitrogens with zero attached hydrogens (tertiary/aromatic N) is 3. The van der Waals surface area contributed by atoms with E-state index in [4.69, 9.17) is 9.72 Å². The van der Waals surface area contributed by atoms with Crippen LogP contribution in [0.25, 0.3) is 0 Å². The fourth-order valence-corrected chi connectivity index (χ4v) is 4.48. The maximum absolute atomic E-state index is 13.0. The molecule has 1 atom stereocenters. The Morgan fingerprint density at radius 1 is 1.22 bits per heavy atom. The number of anilines is 1. The van der Waals surface area contributed by atoms with Crippen molar-refractivity contribution in [3.8, 4) is 0 Å². The van der Waals surface area contributed by atoms with Crippen molar-refractivity contribution in [2.45, 2.75) is 63.8 Å². The number of carboxylic acids is 1. The van der Waals surface area contributed by atoms with Gasteiger partial charge in [0.2, 0.25) is 5.91 Å². The number of carboxylic acid groups (broad SMARTS) is 1. The standard InChI is InChI=1S/C28H41N5O4/c1-28(2,22-9-7-14-29-20-22)27(36)32-24(26(34)35)13-17-33(18-19-37-3)16-5-4-10-23-12-11-21-8-6-15-30-25(21)31-23/h7,9,11-12,14,20,24H,4-6,8,10,13,15-19H2,1-3H3,(H,30,31)(H,32,36)(H,34,35)/t24-/m0/s1. The molecule has 3 rings (SSSR count). The van der Waals surface area contributed by atoms with Gasteiger partial charge in [0.25, 0.3) is 0 Å². The number of carbonyl (C=O) groups is 2. The van der Waals surface area contributed by atoms with E-state index in [2.05, 4.69) is 32.7 Å². The molecule has 0 saturated heterocycles. The molecule has 9 heteroatoms. The zero-order chi connectivity index (χ0) is 26.7. The molecule has 0 aromatic carbocycles. The Morgan fingerprint density at radius 2 is 2.05 bits per heavy atom. The highest BCUT2D eigenvalue weighted by molar-refractivity contribution is 5.90. The first-order valence-electron chi connectivity index (χ1n) is 13.2. The quantitative estimate of drug-likeness (QED) is 0.313. The third-order valence-corrected chi connectivity index (χ3v) is 7.01. The summed E-state index contributed by atoms with van der Waals surface area (Å²) in [4.78, 5) is 36.0. The average molecular weight is 512 g/mol. The van der Waals surface area contributed by atoms with E-state index in [1.165, 1.54) is 5.56 Å². The molecule has 0 aliphatic carbocycles. The minimum absolute atomic E-state index is 0.311. The second-order valence-electron chi connectivity index (χ2n) is 10.2. The van der Waals surface area contributed by atoms with Gasteiger partial charge >= 0.3 is 5.97 Å². The van der Waals surface area contributed by atoms with E-state index in [9.17, 15) is 14.7 Å². The predicted octanol–water partition coefficient (Wildman–Crippen LogP) is 3.04. The summed E-state index contributed by atoms with van der Waals surface area (Å²) in [6.45, 7) is 7.18. The largest absolute Gasteiger partial charge is 0.480 e. The molecule has 9 nitrogen and oxygen atoms in total. The highest BCUT2D eigenvalue weighted by Crippen LogP contribution is 2.23. The van der Waals surface area contributed by atoms with Crippen LogP contribution < -0.4 is 10.6 Å². The Hall–Kier alpha value is -3.04. The van der Waals surface area contributed by atoms with Gasteiger partial charge in [-0.2, -0.15) is 0 Å². The van der Waals surface area contributed by atoms with Crippen molar-refractivity contribution >= 4 is 17.7 Å². The molecule has 0 fully saturated rings. The Morgan fingerprint density at radius 3 is 2.78 bits per heavy atom. The molecule has 0 spiro atoms. The number of ether oxygens (including phenoxy) is 1. The van der Waals surface area contributed by atoms with Crippen LogP contribution in [0.2, 0.25) is 0 Å². The first-order valence-corrected chi connectivity index (χ1v) is 13.2. The summed E-state index contributed by atoms with van der Waals surface area (Å²) in [6.07, 6.45) is 8.70. The number of unbranched alkanes of at least 4 members (excludes halogenated alkanes) is 1. The summed E-state index contributed by atoms with van der Waals surface area (Å²) in [7, 11) is 1.66. The number of fused-ring (bicyclic) bond motifs is 1. The number of aromatic nitrogens is 2. The molecule has 0 bridgehead atoms. The van der Waals surface area contributed by atoms with E-state index in [0.29, 0.717) is 26.1 Å². The summed E-state index contributed by atoms with van der Waals surface area (Å²) < 4.78 is 5.26. The second kappa shape index (κ2) is 14.0. The lowest BCUT2D eigenvalue weighted by Gasteiger charge is -2.28. The van der Waals surface area contributed by atoms with Crippen molar-refractivity contribution in [1.82, 2.24) is 20.2 Å². The van der Waals surface area contributed by atoms with Crippen molar-refractivity contribution in [2.75, 3.05) is 45.2 Å². The van der Waals surface area contributed by atoms with Crippen molar-refractivity contribution < 1.29 is 19.4 Å². The maximum atomic E-state index is 13.0. The minimum atomic E-state index is -1.03. The Kier molecular flexibility index (Phi) is 10.8. The Bertz CT molecular complexity index is 1010.